The van der Waals surface area contributed by atoms with E-state index in [-0.39, 0.29) is 6.61 Å². The standard InChI is InChI=1S/C16H23N5O6/c1-8(4-22)2-3-17-14-10-15(19-6-18-14)20-7-21(10)16-13(26)12(25)11(24)9(5-23)27-16/h2,6-7,9,11-13,16,22-26H,3-5H2,1H3,(H,17,18,19)/b8-2+/t9-,11-,12-,13+,16-/m1/s1. The maximum absolute atomic E-state index is 10.4. The minimum absolute atomic E-state index is 0.0519. The van der Waals surface area contributed by atoms with Crippen LogP contribution in [-0.4, -0.2) is 89.2 Å². The van der Waals surface area contributed by atoms with E-state index in [1.807, 2.05) is 0 Å². The number of aromatic nitrogens is 4. The molecule has 1 aliphatic rings. The largest absolute Gasteiger partial charge is 0.394 e. The van der Waals surface area contributed by atoms with Crippen molar-refractivity contribution in [3.63, 3.8) is 0 Å². The number of hydrogen-bond acceptors (Lipinski definition) is 10. The SMILES string of the molecule is C/C(=C\CNc1ncnc2ncn([C@@H]3O[C@H](CO)[C@@H](O)[C@@H](O)[C@@H]3O)c12)CO. The van der Waals surface area contributed by atoms with Crippen LogP contribution in [0.5, 0.6) is 0 Å². The first-order valence-electron chi connectivity index (χ1n) is 8.46. The van der Waals surface area contributed by atoms with Crippen LogP contribution >= 0.6 is 0 Å². The Balaban J connectivity index is 1.95. The zero-order valence-corrected chi connectivity index (χ0v) is 14.7. The van der Waals surface area contributed by atoms with Crippen LogP contribution in [0.25, 0.3) is 11.2 Å². The van der Waals surface area contributed by atoms with Crippen LogP contribution in [0.15, 0.2) is 24.3 Å². The molecule has 11 heteroatoms. The van der Waals surface area contributed by atoms with Gasteiger partial charge in [-0.2, -0.15) is 0 Å². The number of aliphatic hydroxyl groups excluding tert-OH is 5. The quantitative estimate of drug-likeness (QED) is 0.313. The predicted molar refractivity (Wildman–Crippen MR) is 93.7 cm³/mol. The second-order valence-corrected chi connectivity index (χ2v) is 6.36. The Morgan fingerprint density at radius 1 is 1.19 bits per heavy atom. The van der Waals surface area contributed by atoms with E-state index in [1.165, 1.54) is 17.2 Å². The lowest BCUT2D eigenvalue weighted by atomic mass is 9.98. The Hall–Kier alpha value is -2.15. The van der Waals surface area contributed by atoms with E-state index in [0.29, 0.717) is 23.5 Å². The lowest BCUT2D eigenvalue weighted by Crippen LogP contribution is -2.56. The third kappa shape index (κ3) is 3.78. The number of hydrogen-bond donors (Lipinski definition) is 6. The van der Waals surface area contributed by atoms with Gasteiger partial charge in [-0.1, -0.05) is 11.6 Å². The number of aliphatic hydroxyl groups is 5. The molecule has 3 heterocycles. The summed E-state index contributed by atoms with van der Waals surface area (Å²) in [7, 11) is 0. The van der Waals surface area contributed by atoms with E-state index < -0.39 is 37.3 Å². The van der Waals surface area contributed by atoms with Gasteiger partial charge in [-0.25, -0.2) is 15.0 Å². The molecular formula is C16H23N5O6. The molecule has 6 N–H and O–H groups in total. The number of rotatable bonds is 6. The molecule has 0 unspecified atom stereocenters. The van der Waals surface area contributed by atoms with Crippen molar-refractivity contribution in [2.24, 2.45) is 0 Å². The first-order valence-corrected chi connectivity index (χ1v) is 8.46. The second-order valence-electron chi connectivity index (χ2n) is 6.36. The number of anilines is 1. The molecule has 1 fully saturated rings. The Morgan fingerprint density at radius 2 is 1.96 bits per heavy atom. The van der Waals surface area contributed by atoms with Crippen LogP contribution in [0.2, 0.25) is 0 Å². The molecule has 3 rings (SSSR count). The lowest BCUT2D eigenvalue weighted by Gasteiger charge is -2.40. The van der Waals surface area contributed by atoms with Crippen LogP contribution < -0.4 is 5.32 Å². The summed E-state index contributed by atoms with van der Waals surface area (Å²) in [4.78, 5) is 12.4. The number of fused-ring (bicyclic) bond motifs is 1. The summed E-state index contributed by atoms with van der Waals surface area (Å²) in [5.41, 5.74) is 1.56. The fourth-order valence-electron chi connectivity index (χ4n) is 2.90. The maximum Gasteiger partial charge on any atom is 0.183 e. The van der Waals surface area contributed by atoms with Crippen LogP contribution in [0.1, 0.15) is 13.2 Å². The summed E-state index contributed by atoms with van der Waals surface area (Å²) in [6.07, 6.45) is -2.04. The van der Waals surface area contributed by atoms with Crippen molar-refractivity contribution in [2.75, 3.05) is 25.1 Å². The highest BCUT2D eigenvalue weighted by molar-refractivity contribution is 5.83. The van der Waals surface area contributed by atoms with E-state index in [2.05, 4.69) is 20.3 Å². The molecule has 11 nitrogen and oxygen atoms in total. The number of ether oxygens (including phenoxy) is 1. The van der Waals surface area contributed by atoms with Gasteiger partial charge in [-0.15, -0.1) is 0 Å². The smallest absolute Gasteiger partial charge is 0.183 e. The second kappa shape index (κ2) is 8.25. The molecule has 0 saturated carbocycles. The topological polar surface area (TPSA) is 166 Å². The Morgan fingerprint density at radius 3 is 2.67 bits per heavy atom. The van der Waals surface area contributed by atoms with E-state index in [9.17, 15) is 20.4 Å². The van der Waals surface area contributed by atoms with Crippen LogP contribution in [0.3, 0.4) is 0 Å². The molecule has 148 valence electrons. The van der Waals surface area contributed by atoms with Gasteiger partial charge in [0.25, 0.3) is 0 Å². The summed E-state index contributed by atoms with van der Waals surface area (Å²) >= 11 is 0. The zero-order valence-electron chi connectivity index (χ0n) is 14.7. The molecule has 0 radical (unpaired) electrons. The minimum Gasteiger partial charge on any atom is -0.394 e. The average molecular weight is 381 g/mol. The Bertz CT molecular complexity index is 810. The van der Waals surface area contributed by atoms with Crippen molar-refractivity contribution in [1.82, 2.24) is 19.5 Å². The van der Waals surface area contributed by atoms with Gasteiger partial charge in [0.15, 0.2) is 17.7 Å². The lowest BCUT2D eigenvalue weighted by molar-refractivity contribution is -0.250. The summed E-state index contributed by atoms with van der Waals surface area (Å²) in [6, 6.07) is 0. The van der Waals surface area contributed by atoms with Crippen molar-refractivity contribution >= 4 is 17.0 Å². The number of nitrogens with zero attached hydrogens (tertiary/aromatic N) is 4. The van der Waals surface area contributed by atoms with Gasteiger partial charge in [0.2, 0.25) is 0 Å². The molecule has 27 heavy (non-hydrogen) atoms. The number of imidazole rings is 1. The normalized spacial score (nSPS) is 29.3. The first-order chi connectivity index (χ1) is 13.0. The van der Waals surface area contributed by atoms with Crippen molar-refractivity contribution in [3.8, 4) is 0 Å². The molecule has 0 amide bonds. The highest BCUT2D eigenvalue weighted by atomic mass is 16.6. The van der Waals surface area contributed by atoms with Gasteiger partial charge in [0, 0.05) is 6.54 Å². The summed E-state index contributed by atoms with van der Waals surface area (Å²) in [6.45, 7) is 1.60. The van der Waals surface area contributed by atoms with Crippen molar-refractivity contribution < 1.29 is 30.3 Å². The third-order valence-corrected chi connectivity index (χ3v) is 4.48. The fraction of sp³-hybridized carbons (Fsp3) is 0.562. The predicted octanol–water partition coefficient (Wildman–Crippen LogP) is -1.85. The van der Waals surface area contributed by atoms with E-state index in [0.717, 1.165) is 5.57 Å². The Labute approximate surface area is 154 Å². The monoisotopic (exact) mass is 381 g/mol. The number of nitrogens with one attached hydrogen (secondary N) is 1. The van der Waals surface area contributed by atoms with E-state index in [4.69, 9.17) is 9.84 Å². The molecule has 5 atom stereocenters. The van der Waals surface area contributed by atoms with E-state index >= 15 is 0 Å². The molecule has 0 spiro atoms. The first kappa shape index (κ1) is 19.6. The van der Waals surface area contributed by atoms with Gasteiger partial charge in [0.05, 0.1) is 13.2 Å². The summed E-state index contributed by atoms with van der Waals surface area (Å²) < 4.78 is 7.03. The van der Waals surface area contributed by atoms with Gasteiger partial charge in [-0.3, -0.25) is 4.57 Å². The molecule has 0 aliphatic carbocycles. The average Bonchev–Trinajstić information content (AvgIpc) is 3.11. The van der Waals surface area contributed by atoms with Gasteiger partial charge in [-0.05, 0) is 6.92 Å². The minimum atomic E-state index is -1.51. The molecule has 2 aromatic rings. The molecular weight excluding hydrogens is 358 g/mol. The van der Waals surface area contributed by atoms with Crippen LogP contribution in [0, 0.1) is 0 Å². The highest BCUT2D eigenvalue weighted by Gasteiger charge is 2.44. The summed E-state index contributed by atoms with van der Waals surface area (Å²) in [5.74, 6) is 0.413. The van der Waals surface area contributed by atoms with Crippen LogP contribution in [0.4, 0.5) is 5.82 Å². The van der Waals surface area contributed by atoms with Crippen LogP contribution in [-0.2, 0) is 4.74 Å². The molecule has 1 aliphatic heterocycles. The highest BCUT2D eigenvalue weighted by Crippen LogP contribution is 2.32. The Kier molecular flexibility index (Phi) is 5.99. The zero-order chi connectivity index (χ0) is 19.6. The molecule has 2 aromatic heterocycles. The van der Waals surface area contributed by atoms with Gasteiger partial charge < -0.3 is 35.6 Å². The van der Waals surface area contributed by atoms with Gasteiger partial charge in [0.1, 0.15) is 42.6 Å². The molecule has 0 bridgehead atoms. The van der Waals surface area contributed by atoms with Crippen molar-refractivity contribution in [3.05, 3.63) is 24.3 Å². The summed E-state index contributed by atoms with van der Waals surface area (Å²) in [5, 5.41) is 51.9. The maximum atomic E-state index is 10.4. The fourth-order valence-corrected chi connectivity index (χ4v) is 2.90. The van der Waals surface area contributed by atoms with E-state index in [1.54, 1.807) is 13.0 Å². The van der Waals surface area contributed by atoms with Crippen molar-refractivity contribution in [1.29, 1.82) is 0 Å². The van der Waals surface area contributed by atoms with Gasteiger partial charge >= 0.3 is 0 Å². The molecule has 1 saturated heterocycles. The van der Waals surface area contributed by atoms with Crippen molar-refractivity contribution in [2.45, 2.75) is 37.6 Å². The third-order valence-electron chi connectivity index (χ3n) is 4.48. The molecule has 0 aromatic carbocycles.